The van der Waals surface area contributed by atoms with E-state index in [1.807, 2.05) is 63.3 Å². The van der Waals surface area contributed by atoms with E-state index in [9.17, 15) is 24.3 Å². The SMILES string of the molecule is CC(C)(C)NC(=O)N[C@@H]1CCCCC/C=C\[C@@H]2C[C@]2(C(=O)O)NC(=O)[C@@H]2C[C@H](n3nnc(-c4ccccc4)n3)CN2C1=O. The molecule has 2 fully saturated rings. The Kier molecular flexibility index (Phi) is 8.52. The summed E-state index contributed by atoms with van der Waals surface area (Å²) in [6.45, 7) is 5.65. The lowest BCUT2D eigenvalue weighted by atomic mass is 10.0. The molecule has 5 rings (SSSR count). The van der Waals surface area contributed by atoms with E-state index >= 15 is 0 Å². The number of carbonyl (C=O) groups is 4. The van der Waals surface area contributed by atoms with Crippen molar-refractivity contribution in [2.24, 2.45) is 5.92 Å². The van der Waals surface area contributed by atoms with E-state index in [4.69, 9.17) is 0 Å². The maximum atomic E-state index is 14.1. The highest BCUT2D eigenvalue weighted by Gasteiger charge is 2.61. The molecular formula is C30H40N8O5. The van der Waals surface area contributed by atoms with E-state index in [2.05, 4.69) is 31.4 Å². The van der Waals surface area contributed by atoms with Crippen molar-refractivity contribution in [1.82, 2.24) is 41.1 Å². The van der Waals surface area contributed by atoms with Crippen LogP contribution in [0.3, 0.4) is 0 Å². The molecule has 1 saturated heterocycles. The van der Waals surface area contributed by atoms with Gasteiger partial charge in [0.25, 0.3) is 0 Å². The molecule has 2 aromatic rings. The normalized spacial score (nSPS) is 28.9. The number of nitrogens with zero attached hydrogens (tertiary/aromatic N) is 5. The highest BCUT2D eigenvalue weighted by molar-refractivity contribution is 5.96. The zero-order chi connectivity index (χ0) is 30.8. The summed E-state index contributed by atoms with van der Waals surface area (Å²) in [5.41, 5.74) is -1.14. The van der Waals surface area contributed by atoms with Crippen LogP contribution in [0.25, 0.3) is 11.4 Å². The molecule has 230 valence electrons. The van der Waals surface area contributed by atoms with E-state index in [0.29, 0.717) is 18.7 Å². The number of allylic oxidation sites excluding steroid dienone is 1. The molecule has 0 spiro atoms. The van der Waals surface area contributed by atoms with Gasteiger partial charge in [0, 0.05) is 30.0 Å². The van der Waals surface area contributed by atoms with Gasteiger partial charge in [-0.05, 0) is 51.7 Å². The van der Waals surface area contributed by atoms with Crippen molar-refractivity contribution in [2.75, 3.05) is 6.54 Å². The number of hydrogen-bond donors (Lipinski definition) is 4. The van der Waals surface area contributed by atoms with Crippen molar-refractivity contribution in [3.63, 3.8) is 0 Å². The molecular weight excluding hydrogens is 552 g/mol. The fourth-order valence-electron chi connectivity index (χ4n) is 5.86. The number of aliphatic carboxylic acids is 1. The number of rotatable bonds is 4. The maximum Gasteiger partial charge on any atom is 0.330 e. The van der Waals surface area contributed by atoms with E-state index in [-0.39, 0.29) is 25.3 Å². The van der Waals surface area contributed by atoms with Crippen LogP contribution in [0.4, 0.5) is 4.79 Å². The number of carboxylic acid groups (broad SMARTS) is 1. The fourth-order valence-corrected chi connectivity index (χ4v) is 5.86. The Balaban J connectivity index is 1.44. The lowest BCUT2D eigenvalue weighted by molar-refractivity contribution is -0.145. The molecule has 1 aromatic heterocycles. The van der Waals surface area contributed by atoms with Crippen LogP contribution in [0, 0.1) is 5.92 Å². The van der Waals surface area contributed by atoms with Gasteiger partial charge in [0.2, 0.25) is 17.6 Å². The van der Waals surface area contributed by atoms with Crippen LogP contribution in [0.1, 0.15) is 71.8 Å². The summed E-state index contributed by atoms with van der Waals surface area (Å²) in [5.74, 6) is -1.96. The zero-order valence-electron chi connectivity index (χ0n) is 24.8. The highest BCUT2D eigenvalue weighted by atomic mass is 16.4. The largest absolute Gasteiger partial charge is 0.479 e. The number of carboxylic acids is 1. The molecule has 3 heterocycles. The number of fused-ring (bicyclic) bond motifs is 2. The molecule has 1 aromatic carbocycles. The molecule has 13 heteroatoms. The minimum atomic E-state index is -1.41. The first-order valence-electron chi connectivity index (χ1n) is 14.9. The number of tetrazole rings is 1. The van der Waals surface area contributed by atoms with Gasteiger partial charge in [-0.25, -0.2) is 9.59 Å². The van der Waals surface area contributed by atoms with E-state index in [1.165, 1.54) is 9.70 Å². The van der Waals surface area contributed by atoms with Crippen molar-refractivity contribution in [3.8, 4) is 11.4 Å². The summed E-state index contributed by atoms with van der Waals surface area (Å²) in [5, 5.41) is 31.4. The van der Waals surface area contributed by atoms with Crippen molar-refractivity contribution >= 4 is 23.8 Å². The summed E-state index contributed by atoms with van der Waals surface area (Å²) in [7, 11) is 0. The second-order valence-electron chi connectivity index (χ2n) is 12.7. The first-order valence-corrected chi connectivity index (χ1v) is 14.9. The molecule has 1 saturated carbocycles. The van der Waals surface area contributed by atoms with Crippen molar-refractivity contribution in [1.29, 1.82) is 0 Å². The van der Waals surface area contributed by atoms with Crippen LogP contribution in [0.2, 0.25) is 0 Å². The summed E-state index contributed by atoms with van der Waals surface area (Å²) in [4.78, 5) is 55.9. The number of benzene rings is 1. The second-order valence-corrected chi connectivity index (χ2v) is 12.7. The van der Waals surface area contributed by atoms with E-state index in [0.717, 1.165) is 24.8 Å². The first-order chi connectivity index (χ1) is 20.5. The Morgan fingerprint density at radius 1 is 1.12 bits per heavy atom. The van der Waals surface area contributed by atoms with Gasteiger partial charge in [-0.1, -0.05) is 55.3 Å². The van der Waals surface area contributed by atoms with Gasteiger partial charge in [-0.15, -0.1) is 10.2 Å². The van der Waals surface area contributed by atoms with E-state index in [1.54, 1.807) is 0 Å². The Hall–Kier alpha value is -4.29. The third-order valence-corrected chi connectivity index (χ3v) is 8.22. The highest BCUT2D eigenvalue weighted by Crippen LogP contribution is 2.45. The molecule has 3 aliphatic rings. The number of aromatic nitrogens is 4. The number of hydrogen-bond acceptors (Lipinski definition) is 7. The molecule has 0 bridgehead atoms. The molecule has 13 nitrogen and oxygen atoms in total. The molecule has 43 heavy (non-hydrogen) atoms. The van der Waals surface area contributed by atoms with Gasteiger partial charge >= 0.3 is 12.0 Å². The Bertz CT molecular complexity index is 1390. The van der Waals surface area contributed by atoms with Crippen molar-refractivity contribution in [2.45, 2.75) is 94.9 Å². The lowest BCUT2D eigenvalue weighted by Crippen LogP contribution is -2.58. The maximum absolute atomic E-state index is 14.1. The summed E-state index contributed by atoms with van der Waals surface area (Å²) in [6, 6.07) is 6.54. The molecule has 1 aliphatic carbocycles. The Morgan fingerprint density at radius 3 is 2.60 bits per heavy atom. The number of urea groups is 1. The lowest BCUT2D eigenvalue weighted by Gasteiger charge is -2.30. The molecule has 4 amide bonds. The summed E-state index contributed by atoms with van der Waals surface area (Å²) >= 11 is 0. The second kappa shape index (κ2) is 12.1. The quantitative estimate of drug-likeness (QED) is 0.392. The monoisotopic (exact) mass is 592 g/mol. The summed E-state index contributed by atoms with van der Waals surface area (Å²) < 4.78 is 0. The number of nitrogens with one attached hydrogen (secondary N) is 3. The average molecular weight is 593 g/mol. The molecule has 2 aliphatic heterocycles. The molecule has 4 N–H and O–H groups in total. The van der Waals surface area contributed by atoms with Gasteiger partial charge in [-0.3, -0.25) is 9.59 Å². The standard InChI is InChI=1S/C30H40N8O5/c1-29(2,3)33-28(43)31-22-15-11-6-4-5-10-14-20-17-30(20,27(41)42)32-25(39)23-16-21(18-37(23)26(22)40)38-35-24(34-36-38)19-12-8-7-9-13-19/h7-10,12-14,20-23H,4-6,11,15-18H2,1-3H3,(H,32,39)(H,41,42)(H2,31,33,43)/b14-10-/t20-,21+,22-,23+,30+/m1/s1. The third kappa shape index (κ3) is 6.86. The molecule has 0 radical (unpaired) electrons. The third-order valence-electron chi connectivity index (χ3n) is 8.22. The van der Waals surface area contributed by atoms with Gasteiger partial charge in [0.1, 0.15) is 17.6 Å². The summed E-state index contributed by atoms with van der Waals surface area (Å²) in [6.07, 6.45) is 7.86. The molecule has 0 unspecified atom stereocenters. The minimum Gasteiger partial charge on any atom is -0.479 e. The van der Waals surface area contributed by atoms with Crippen LogP contribution in [-0.4, -0.2) is 83.7 Å². The topological polar surface area (TPSA) is 171 Å². The van der Waals surface area contributed by atoms with Crippen molar-refractivity contribution in [3.05, 3.63) is 42.5 Å². The van der Waals surface area contributed by atoms with Gasteiger partial charge < -0.3 is 26.0 Å². The van der Waals surface area contributed by atoms with Crippen LogP contribution in [-0.2, 0) is 14.4 Å². The minimum absolute atomic E-state index is 0.101. The first kappa shape index (κ1) is 30.2. The predicted molar refractivity (Wildman–Crippen MR) is 156 cm³/mol. The Morgan fingerprint density at radius 2 is 1.88 bits per heavy atom. The number of amides is 4. The Labute approximate surface area is 250 Å². The van der Waals surface area contributed by atoms with Gasteiger partial charge in [0.15, 0.2) is 0 Å². The average Bonchev–Trinajstić information content (AvgIpc) is 3.28. The zero-order valence-corrected chi connectivity index (χ0v) is 24.8. The van der Waals surface area contributed by atoms with Gasteiger partial charge in [0.05, 0.1) is 6.04 Å². The predicted octanol–water partition coefficient (Wildman–Crippen LogP) is 2.43. The van der Waals surface area contributed by atoms with Gasteiger partial charge in [-0.2, -0.15) is 4.80 Å². The number of carbonyl (C=O) groups excluding carboxylic acids is 3. The van der Waals surface area contributed by atoms with E-state index < -0.39 is 53.0 Å². The van der Waals surface area contributed by atoms with Crippen LogP contribution in [0.5, 0.6) is 0 Å². The van der Waals surface area contributed by atoms with Crippen LogP contribution in [0.15, 0.2) is 42.5 Å². The smallest absolute Gasteiger partial charge is 0.330 e. The van der Waals surface area contributed by atoms with Crippen LogP contribution < -0.4 is 16.0 Å². The van der Waals surface area contributed by atoms with Crippen molar-refractivity contribution < 1.29 is 24.3 Å². The fraction of sp³-hybridized carbons (Fsp3) is 0.567. The molecule has 5 atom stereocenters. The van der Waals surface area contributed by atoms with Crippen LogP contribution >= 0.6 is 0 Å².